The van der Waals surface area contributed by atoms with Crippen molar-refractivity contribution in [2.45, 2.75) is 25.8 Å². The van der Waals surface area contributed by atoms with Crippen molar-refractivity contribution in [3.8, 4) is 0 Å². The molecule has 0 aliphatic carbocycles. The monoisotopic (exact) mass is 341 g/mol. The van der Waals surface area contributed by atoms with Gasteiger partial charge in [-0.25, -0.2) is 4.39 Å². The summed E-state index contributed by atoms with van der Waals surface area (Å²) in [7, 11) is 0. The van der Waals surface area contributed by atoms with E-state index in [4.69, 9.17) is 0 Å². The Morgan fingerprint density at radius 3 is 2.74 bits per heavy atom. The summed E-state index contributed by atoms with van der Waals surface area (Å²) in [6, 6.07) is 7.15. The molecule has 0 spiro atoms. The lowest BCUT2D eigenvalue weighted by atomic mass is 10.0. The molecule has 1 nitrogen and oxygen atoms in total. The van der Waals surface area contributed by atoms with Crippen LogP contribution in [0.25, 0.3) is 0 Å². The molecule has 0 radical (unpaired) electrons. The normalized spacial score (nSPS) is 12.6. The Labute approximate surface area is 126 Å². The average molecular weight is 342 g/mol. The molecule has 1 heterocycles. The second-order valence-electron chi connectivity index (χ2n) is 4.48. The smallest absolute Gasteiger partial charge is 0.126 e. The van der Waals surface area contributed by atoms with Gasteiger partial charge in [-0.3, -0.25) is 0 Å². The number of benzene rings is 1. The Morgan fingerprint density at radius 2 is 2.11 bits per heavy atom. The second-order valence-corrected chi connectivity index (χ2v) is 6.08. The number of halogens is 2. The molecule has 1 aromatic carbocycles. The van der Waals surface area contributed by atoms with Gasteiger partial charge in [0.15, 0.2) is 0 Å². The van der Waals surface area contributed by atoms with E-state index in [1.54, 1.807) is 17.4 Å². The molecule has 0 fully saturated rings. The molecule has 0 aliphatic heterocycles. The fourth-order valence-electron chi connectivity index (χ4n) is 2.03. The van der Waals surface area contributed by atoms with Gasteiger partial charge >= 0.3 is 0 Å². The molecule has 1 atom stereocenters. The third-order valence-electron chi connectivity index (χ3n) is 3.04. The number of nitrogens with one attached hydrogen (secondary N) is 1. The number of hydrogen-bond acceptors (Lipinski definition) is 2. The van der Waals surface area contributed by atoms with Crippen molar-refractivity contribution in [1.29, 1.82) is 0 Å². The van der Waals surface area contributed by atoms with E-state index in [9.17, 15) is 4.39 Å². The van der Waals surface area contributed by atoms with E-state index < -0.39 is 0 Å². The molecule has 19 heavy (non-hydrogen) atoms. The number of rotatable bonds is 6. The maximum atomic E-state index is 13.8. The van der Waals surface area contributed by atoms with Gasteiger partial charge in [-0.2, -0.15) is 11.3 Å². The maximum absolute atomic E-state index is 13.8. The largest absolute Gasteiger partial charge is 0.310 e. The first kappa shape index (κ1) is 14.7. The highest BCUT2D eigenvalue weighted by atomic mass is 79.9. The summed E-state index contributed by atoms with van der Waals surface area (Å²) < 4.78 is 14.9. The van der Waals surface area contributed by atoms with Gasteiger partial charge in [-0.05, 0) is 57.9 Å². The Hall–Kier alpha value is -0.710. The lowest BCUT2D eigenvalue weighted by molar-refractivity contribution is 0.513. The minimum Gasteiger partial charge on any atom is -0.310 e. The Morgan fingerprint density at radius 1 is 1.32 bits per heavy atom. The summed E-state index contributed by atoms with van der Waals surface area (Å²) in [5.41, 5.74) is 1.97. The minimum atomic E-state index is -0.128. The van der Waals surface area contributed by atoms with Crippen LogP contribution in [0.15, 0.2) is 39.5 Å². The zero-order valence-electron chi connectivity index (χ0n) is 10.8. The number of thiophene rings is 1. The van der Waals surface area contributed by atoms with Crippen LogP contribution in [0.5, 0.6) is 0 Å². The lowest BCUT2D eigenvalue weighted by Gasteiger charge is -2.19. The van der Waals surface area contributed by atoms with Gasteiger partial charge in [0.1, 0.15) is 5.82 Å². The third-order valence-corrected chi connectivity index (χ3v) is 4.79. The first-order chi connectivity index (χ1) is 9.22. The van der Waals surface area contributed by atoms with E-state index >= 15 is 0 Å². The molecule has 0 amide bonds. The molecular formula is C15H17BrFNS. The lowest BCUT2D eigenvalue weighted by Crippen LogP contribution is -2.24. The summed E-state index contributed by atoms with van der Waals surface area (Å²) in [6.07, 6.45) is 1.73. The quantitative estimate of drug-likeness (QED) is 0.785. The molecule has 0 saturated carbocycles. The van der Waals surface area contributed by atoms with Crippen molar-refractivity contribution >= 4 is 27.3 Å². The van der Waals surface area contributed by atoms with Crippen LogP contribution in [-0.4, -0.2) is 6.54 Å². The van der Waals surface area contributed by atoms with E-state index in [0.717, 1.165) is 23.0 Å². The Balaban J connectivity index is 2.19. The molecule has 0 saturated heterocycles. The summed E-state index contributed by atoms with van der Waals surface area (Å²) >= 11 is 5.23. The Kier molecular flexibility index (Phi) is 5.55. The SMILES string of the molecule is CCCNC(Cc1ccccc1F)c1cscc1Br. The maximum Gasteiger partial charge on any atom is 0.126 e. The van der Waals surface area contributed by atoms with Crippen molar-refractivity contribution in [3.63, 3.8) is 0 Å². The van der Waals surface area contributed by atoms with Crippen LogP contribution in [-0.2, 0) is 6.42 Å². The summed E-state index contributed by atoms with van der Waals surface area (Å²) in [5, 5.41) is 7.69. The Bertz CT molecular complexity index is 526. The highest BCUT2D eigenvalue weighted by Crippen LogP contribution is 2.30. The fourth-order valence-corrected chi connectivity index (χ4v) is 3.66. The van der Waals surface area contributed by atoms with Crippen LogP contribution in [0.4, 0.5) is 4.39 Å². The highest BCUT2D eigenvalue weighted by molar-refractivity contribution is 9.10. The van der Waals surface area contributed by atoms with E-state index in [1.807, 2.05) is 12.1 Å². The fraction of sp³-hybridized carbons (Fsp3) is 0.333. The molecule has 2 rings (SSSR count). The van der Waals surface area contributed by atoms with E-state index in [-0.39, 0.29) is 11.9 Å². The predicted octanol–water partition coefficient (Wildman–Crippen LogP) is 4.93. The van der Waals surface area contributed by atoms with Crippen LogP contribution in [0, 0.1) is 5.82 Å². The molecule has 2 aromatic rings. The van der Waals surface area contributed by atoms with Crippen molar-refractivity contribution in [3.05, 3.63) is 56.4 Å². The van der Waals surface area contributed by atoms with Crippen molar-refractivity contribution in [2.75, 3.05) is 6.54 Å². The first-order valence-corrected chi connectivity index (χ1v) is 8.14. The molecule has 102 valence electrons. The van der Waals surface area contributed by atoms with Crippen molar-refractivity contribution < 1.29 is 4.39 Å². The topological polar surface area (TPSA) is 12.0 Å². The molecule has 1 unspecified atom stereocenters. The zero-order chi connectivity index (χ0) is 13.7. The van der Waals surface area contributed by atoms with Crippen LogP contribution in [0.3, 0.4) is 0 Å². The van der Waals surface area contributed by atoms with Gasteiger partial charge in [0, 0.05) is 15.9 Å². The summed E-state index contributed by atoms with van der Waals surface area (Å²) in [5.74, 6) is -0.128. The molecular weight excluding hydrogens is 325 g/mol. The summed E-state index contributed by atoms with van der Waals surface area (Å²) in [6.45, 7) is 3.07. The highest BCUT2D eigenvalue weighted by Gasteiger charge is 2.16. The molecule has 1 N–H and O–H groups in total. The van der Waals surface area contributed by atoms with Gasteiger partial charge in [-0.15, -0.1) is 0 Å². The molecule has 0 aliphatic rings. The van der Waals surface area contributed by atoms with Crippen LogP contribution in [0.2, 0.25) is 0 Å². The van der Waals surface area contributed by atoms with Gasteiger partial charge in [0.05, 0.1) is 0 Å². The molecule has 4 heteroatoms. The van der Waals surface area contributed by atoms with Crippen LogP contribution >= 0.6 is 27.3 Å². The first-order valence-electron chi connectivity index (χ1n) is 6.40. The van der Waals surface area contributed by atoms with Crippen LogP contribution < -0.4 is 5.32 Å². The van der Waals surface area contributed by atoms with Gasteiger partial charge in [0.25, 0.3) is 0 Å². The van der Waals surface area contributed by atoms with Gasteiger partial charge in [0.2, 0.25) is 0 Å². The molecule has 0 bridgehead atoms. The van der Waals surface area contributed by atoms with E-state index in [2.05, 4.69) is 38.9 Å². The van der Waals surface area contributed by atoms with Crippen LogP contribution in [0.1, 0.15) is 30.5 Å². The van der Waals surface area contributed by atoms with Crippen molar-refractivity contribution in [1.82, 2.24) is 5.32 Å². The van der Waals surface area contributed by atoms with Crippen molar-refractivity contribution in [2.24, 2.45) is 0 Å². The average Bonchev–Trinajstić information content (AvgIpc) is 2.83. The van der Waals surface area contributed by atoms with Gasteiger partial charge in [-0.1, -0.05) is 25.1 Å². The second kappa shape index (κ2) is 7.17. The van der Waals surface area contributed by atoms with E-state index in [0.29, 0.717) is 6.42 Å². The number of hydrogen-bond donors (Lipinski definition) is 1. The minimum absolute atomic E-state index is 0.128. The standard InChI is InChI=1S/C15H17BrFNS/c1-2-7-18-15(12-9-19-10-13(12)16)8-11-5-3-4-6-14(11)17/h3-6,9-10,15,18H,2,7-8H2,1H3. The third kappa shape index (κ3) is 3.88. The molecule has 1 aromatic heterocycles. The van der Waals surface area contributed by atoms with Gasteiger partial charge < -0.3 is 5.32 Å². The predicted molar refractivity (Wildman–Crippen MR) is 83.2 cm³/mol. The summed E-state index contributed by atoms with van der Waals surface area (Å²) in [4.78, 5) is 0. The zero-order valence-corrected chi connectivity index (χ0v) is 13.2. The van der Waals surface area contributed by atoms with E-state index in [1.165, 1.54) is 11.6 Å².